The Balaban J connectivity index is 2.03. The van der Waals surface area contributed by atoms with Gasteiger partial charge in [-0.25, -0.2) is 4.79 Å². The lowest BCUT2D eigenvalue weighted by Gasteiger charge is -2.18. The predicted octanol–water partition coefficient (Wildman–Crippen LogP) is 5.75. The molecule has 1 amide bonds. The van der Waals surface area contributed by atoms with E-state index < -0.39 is 0 Å². The molecule has 0 aromatic heterocycles. The molecule has 1 atom stereocenters. The Labute approximate surface area is 132 Å². The monoisotopic (exact) mass is 299 g/mol. The zero-order valence-corrected chi connectivity index (χ0v) is 13.5. The smallest absolute Gasteiger partial charge is 0.411 e. The van der Waals surface area contributed by atoms with Gasteiger partial charge in [0.1, 0.15) is 6.10 Å². The van der Waals surface area contributed by atoms with Crippen LogP contribution in [0.4, 0.5) is 10.5 Å². The average molecular weight is 299 g/mol. The fraction of sp³-hybridized carbons (Fsp3) is 0.421. The molecule has 0 saturated heterocycles. The minimum atomic E-state index is -0.356. The number of benzene rings is 2. The first-order valence-electron chi connectivity index (χ1n) is 8.20. The zero-order valence-electron chi connectivity index (χ0n) is 13.5. The van der Waals surface area contributed by atoms with Crippen LogP contribution < -0.4 is 5.32 Å². The second kappa shape index (κ2) is 8.42. The van der Waals surface area contributed by atoms with E-state index in [0.717, 1.165) is 48.6 Å². The molecule has 2 aromatic carbocycles. The molecule has 3 heteroatoms. The molecule has 0 fully saturated rings. The minimum Gasteiger partial charge on any atom is -0.446 e. The van der Waals surface area contributed by atoms with E-state index >= 15 is 0 Å². The average Bonchev–Trinajstić information content (AvgIpc) is 2.53. The van der Waals surface area contributed by atoms with Crippen LogP contribution >= 0.6 is 0 Å². The van der Waals surface area contributed by atoms with Crippen LogP contribution in [0.1, 0.15) is 46.0 Å². The van der Waals surface area contributed by atoms with E-state index in [1.807, 2.05) is 42.5 Å². The number of rotatable bonds is 7. The third kappa shape index (κ3) is 4.48. The first kappa shape index (κ1) is 16.3. The van der Waals surface area contributed by atoms with Gasteiger partial charge in [0.25, 0.3) is 0 Å². The van der Waals surface area contributed by atoms with Gasteiger partial charge in [0.2, 0.25) is 0 Å². The number of hydrogen-bond donors (Lipinski definition) is 1. The third-order valence-electron chi connectivity index (χ3n) is 3.79. The van der Waals surface area contributed by atoms with Gasteiger partial charge in [-0.3, -0.25) is 5.32 Å². The Hall–Kier alpha value is -2.03. The summed E-state index contributed by atoms with van der Waals surface area (Å²) in [7, 11) is 0. The Kier molecular flexibility index (Phi) is 6.26. The number of unbranched alkanes of at least 4 members (excludes halogenated alkanes) is 1. The molecule has 0 saturated carbocycles. The van der Waals surface area contributed by atoms with Crippen molar-refractivity contribution in [2.75, 3.05) is 5.32 Å². The lowest BCUT2D eigenvalue weighted by atomic mass is 10.1. The Bertz CT molecular complexity index is 604. The highest BCUT2D eigenvalue weighted by molar-refractivity contribution is 6.00. The Morgan fingerprint density at radius 1 is 1.05 bits per heavy atom. The van der Waals surface area contributed by atoms with Crippen molar-refractivity contribution >= 4 is 22.6 Å². The molecule has 3 nitrogen and oxygen atoms in total. The van der Waals surface area contributed by atoms with Crippen molar-refractivity contribution in [1.82, 2.24) is 0 Å². The van der Waals surface area contributed by atoms with Crippen LogP contribution in [0, 0.1) is 0 Å². The normalized spacial score (nSPS) is 12.1. The highest BCUT2D eigenvalue weighted by Crippen LogP contribution is 2.23. The summed E-state index contributed by atoms with van der Waals surface area (Å²) in [5.74, 6) is 0. The highest BCUT2D eigenvalue weighted by Gasteiger charge is 2.14. The van der Waals surface area contributed by atoms with E-state index in [9.17, 15) is 4.79 Å². The molecule has 22 heavy (non-hydrogen) atoms. The largest absolute Gasteiger partial charge is 0.446 e. The Morgan fingerprint density at radius 3 is 2.59 bits per heavy atom. The molecule has 0 aliphatic heterocycles. The molecule has 0 spiro atoms. The number of nitrogens with one attached hydrogen (secondary N) is 1. The van der Waals surface area contributed by atoms with E-state index in [1.165, 1.54) is 0 Å². The van der Waals surface area contributed by atoms with Crippen LogP contribution in [0.2, 0.25) is 0 Å². The van der Waals surface area contributed by atoms with Crippen molar-refractivity contribution in [3.05, 3.63) is 42.5 Å². The maximum atomic E-state index is 12.2. The van der Waals surface area contributed by atoms with Crippen molar-refractivity contribution in [3.63, 3.8) is 0 Å². The van der Waals surface area contributed by atoms with E-state index in [0.29, 0.717) is 0 Å². The van der Waals surface area contributed by atoms with Crippen LogP contribution in [0.15, 0.2) is 42.5 Å². The third-order valence-corrected chi connectivity index (χ3v) is 3.79. The molecule has 1 N–H and O–H groups in total. The molecule has 0 bridgehead atoms. The fourth-order valence-electron chi connectivity index (χ4n) is 2.64. The number of hydrogen-bond acceptors (Lipinski definition) is 2. The van der Waals surface area contributed by atoms with Gasteiger partial charge in [-0.05, 0) is 24.3 Å². The van der Waals surface area contributed by atoms with Crippen LogP contribution in [-0.2, 0) is 4.74 Å². The first-order valence-corrected chi connectivity index (χ1v) is 8.20. The van der Waals surface area contributed by atoms with E-state index in [4.69, 9.17) is 4.74 Å². The SMILES string of the molecule is CCCC[C@@H](CCC)OC(=O)Nc1cccc2ccccc12. The second-order valence-electron chi connectivity index (χ2n) is 5.61. The van der Waals surface area contributed by atoms with Crippen molar-refractivity contribution in [3.8, 4) is 0 Å². The van der Waals surface area contributed by atoms with Crippen molar-refractivity contribution in [2.24, 2.45) is 0 Å². The van der Waals surface area contributed by atoms with Crippen molar-refractivity contribution in [1.29, 1.82) is 0 Å². The summed E-state index contributed by atoms with van der Waals surface area (Å²) in [5.41, 5.74) is 0.800. The number of carbonyl (C=O) groups is 1. The number of fused-ring (bicyclic) bond motifs is 1. The van der Waals surface area contributed by atoms with Crippen molar-refractivity contribution < 1.29 is 9.53 Å². The quantitative estimate of drug-likeness (QED) is 0.707. The molecule has 0 aliphatic rings. The molecule has 0 radical (unpaired) electrons. The molecule has 2 aromatic rings. The molecule has 0 heterocycles. The van der Waals surface area contributed by atoms with E-state index in [1.54, 1.807) is 0 Å². The number of ether oxygens (including phenoxy) is 1. The number of carbonyl (C=O) groups excluding carboxylic acids is 1. The van der Waals surface area contributed by atoms with Crippen molar-refractivity contribution in [2.45, 2.75) is 52.1 Å². The summed E-state index contributed by atoms with van der Waals surface area (Å²) in [4.78, 5) is 12.2. The van der Waals surface area contributed by atoms with Gasteiger partial charge in [0, 0.05) is 5.39 Å². The number of amides is 1. The molecular weight excluding hydrogens is 274 g/mol. The molecule has 2 rings (SSSR count). The van der Waals surface area contributed by atoms with Gasteiger partial charge in [-0.15, -0.1) is 0 Å². The van der Waals surface area contributed by atoms with E-state index in [2.05, 4.69) is 19.2 Å². The van der Waals surface area contributed by atoms with Crippen LogP contribution in [0.5, 0.6) is 0 Å². The van der Waals surface area contributed by atoms with Gasteiger partial charge in [0.05, 0.1) is 5.69 Å². The van der Waals surface area contributed by atoms with Gasteiger partial charge >= 0.3 is 6.09 Å². The van der Waals surface area contributed by atoms with E-state index in [-0.39, 0.29) is 12.2 Å². The van der Waals surface area contributed by atoms with Gasteiger partial charge in [0.15, 0.2) is 0 Å². The zero-order chi connectivity index (χ0) is 15.8. The maximum Gasteiger partial charge on any atom is 0.411 e. The van der Waals surface area contributed by atoms with Crippen LogP contribution in [-0.4, -0.2) is 12.2 Å². The van der Waals surface area contributed by atoms with Gasteiger partial charge < -0.3 is 4.74 Å². The van der Waals surface area contributed by atoms with Gasteiger partial charge in [-0.1, -0.05) is 69.5 Å². The predicted molar refractivity (Wildman–Crippen MR) is 92.3 cm³/mol. The fourth-order valence-corrected chi connectivity index (χ4v) is 2.64. The lowest BCUT2D eigenvalue weighted by molar-refractivity contribution is 0.0978. The molecule has 118 valence electrons. The summed E-state index contributed by atoms with van der Waals surface area (Å²) in [6.45, 7) is 4.27. The highest BCUT2D eigenvalue weighted by atomic mass is 16.6. The van der Waals surface area contributed by atoms with Crippen LogP contribution in [0.3, 0.4) is 0 Å². The lowest BCUT2D eigenvalue weighted by Crippen LogP contribution is -2.22. The summed E-state index contributed by atoms with van der Waals surface area (Å²) in [6.07, 6.45) is 4.75. The summed E-state index contributed by atoms with van der Waals surface area (Å²) in [6, 6.07) is 13.9. The summed E-state index contributed by atoms with van der Waals surface area (Å²) >= 11 is 0. The Morgan fingerprint density at radius 2 is 1.82 bits per heavy atom. The molecule has 0 aliphatic carbocycles. The molecule has 0 unspecified atom stereocenters. The first-order chi connectivity index (χ1) is 10.7. The maximum absolute atomic E-state index is 12.2. The number of anilines is 1. The second-order valence-corrected chi connectivity index (χ2v) is 5.61. The molecular formula is C19H25NO2. The summed E-state index contributed by atoms with van der Waals surface area (Å²) in [5, 5.41) is 5.03. The van der Waals surface area contributed by atoms with Gasteiger partial charge in [-0.2, -0.15) is 0 Å². The summed E-state index contributed by atoms with van der Waals surface area (Å²) < 4.78 is 5.60. The standard InChI is InChI=1S/C19H25NO2/c1-3-5-12-16(9-4-2)22-19(21)20-18-14-8-11-15-10-6-7-13-17(15)18/h6-8,10-11,13-14,16H,3-5,9,12H2,1-2H3,(H,20,21)/t16-/m1/s1. The topological polar surface area (TPSA) is 38.3 Å². The minimum absolute atomic E-state index is 0.0138. The van der Waals surface area contributed by atoms with Crippen LogP contribution in [0.25, 0.3) is 10.8 Å².